The van der Waals surface area contributed by atoms with Gasteiger partial charge in [-0.3, -0.25) is 18.4 Å². The zero-order chi connectivity index (χ0) is 34.6. The lowest BCUT2D eigenvalue weighted by Gasteiger charge is -2.14. The predicted octanol–water partition coefficient (Wildman–Crippen LogP) is 9.02. The largest absolute Gasteiger partial charge is 0.418 e. The maximum absolute atomic E-state index is 14.0. The molecule has 8 rings (SSSR count). The molecule has 4 aromatic heterocycles. The number of nitrogens with zero attached hydrogens (tertiary/aromatic N) is 3. The molecule has 0 unspecified atom stereocenters. The maximum Gasteiger partial charge on any atom is 0.418 e. The van der Waals surface area contributed by atoms with Crippen molar-refractivity contribution in [1.82, 2.24) is 13.8 Å². The standard InChI is InChI=1S/C31H9F12N3O2/c32-28(33,34)10-5-17(30(38,39)40)16-9-20-12-1-3-15-23-13(2-4-14(22(12)23)26(47)45(20)19(16)7-10)25-44-24-18(31(41,42)43)6-11(29(35,36)37)8-21(24)46(25)27(15)48/h1-9H. The number of rotatable bonds is 0. The summed E-state index contributed by atoms with van der Waals surface area (Å²) in [5, 5.41) is -1.51. The number of imidazole rings is 1. The molecule has 0 atom stereocenters. The van der Waals surface area contributed by atoms with Gasteiger partial charge in [-0.15, -0.1) is 0 Å². The Kier molecular flexibility index (Phi) is 5.48. The van der Waals surface area contributed by atoms with Crippen molar-refractivity contribution in [3.8, 4) is 0 Å². The average molecular weight is 683 g/mol. The minimum absolute atomic E-state index is 0.00391. The molecule has 4 heterocycles. The quantitative estimate of drug-likeness (QED) is 0.119. The molecule has 17 heteroatoms. The highest BCUT2D eigenvalue weighted by Crippen LogP contribution is 2.44. The third-order valence-corrected chi connectivity index (χ3v) is 8.49. The summed E-state index contributed by atoms with van der Waals surface area (Å²) in [5.74, 6) is 0. The molecule has 48 heavy (non-hydrogen) atoms. The molecule has 0 spiro atoms. The second-order valence-electron chi connectivity index (χ2n) is 11.2. The third kappa shape index (κ3) is 3.86. The Morgan fingerprint density at radius 1 is 0.458 bits per heavy atom. The van der Waals surface area contributed by atoms with Crippen LogP contribution in [0.15, 0.2) is 64.2 Å². The van der Waals surface area contributed by atoms with Crippen molar-refractivity contribution in [3.63, 3.8) is 0 Å². The maximum atomic E-state index is 14.0. The van der Waals surface area contributed by atoms with Crippen molar-refractivity contribution in [3.05, 3.63) is 97.6 Å². The normalized spacial score (nSPS) is 14.0. The Labute approximate surface area is 254 Å². The van der Waals surface area contributed by atoms with Crippen molar-refractivity contribution in [2.24, 2.45) is 0 Å². The number of hydrogen-bond acceptors (Lipinski definition) is 3. The van der Waals surface area contributed by atoms with Crippen LogP contribution >= 0.6 is 0 Å². The van der Waals surface area contributed by atoms with E-state index in [1.165, 1.54) is 6.07 Å². The van der Waals surface area contributed by atoms with Gasteiger partial charge in [0.1, 0.15) is 11.2 Å². The van der Waals surface area contributed by atoms with E-state index in [2.05, 4.69) is 4.98 Å². The van der Waals surface area contributed by atoms with E-state index in [4.69, 9.17) is 0 Å². The van der Waals surface area contributed by atoms with Gasteiger partial charge < -0.3 is 0 Å². The zero-order valence-electron chi connectivity index (χ0n) is 22.9. The molecule has 244 valence electrons. The van der Waals surface area contributed by atoms with Crippen LogP contribution in [0, 0.1) is 0 Å². The Morgan fingerprint density at radius 3 is 1.48 bits per heavy atom. The van der Waals surface area contributed by atoms with Crippen LogP contribution in [0.4, 0.5) is 52.7 Å². The molecule has 8 aromatic rings. The van der Waals surface area contributed by atoms with E-state index in [0.717, 1.165) is 24.3 Å². The molecule has 0 N–H and O–H groups in total. The van der Waals surface area contributed by atoms with Crippen molar-refractivity contribution in [1.29, 1.82) is 0 Å². The molecule has 0 fully saturated rings. The molecule has 0 radical (unpaired) electrons. The summed E-state index contributed by atoms with van der Waals surface area (Å²) in [6, 6.07) is 5.96. The van der Waals surface area contributed by atoms with Crippen LogP contribution in [0.1, 0.15) is 22.3 Å². The van der Waals surface area contributed by atoms with Crippen molar-refractivity contribution < 1.29 is 52.7 Å². The van der Waals surface area contributed by atoms with Gasteiger partial charge in [0, 0.05) is 37.7 Å². The molecule has 0 amide bonds. The van der Waals surface area contributed by atoms with Crippen LogP contribution in [0.25, 0.3) is 65.4 Å². The summed E-state index contributed by atoms with van der Waals surface area (Å²) in [6.45, 7) is 0. The first kappa shape index (κ1) is 30.0. The lowest BCUT2D eigenvalue weighted by molar-refractivity contribution is -0.143. The molecule has 0 saturated heterocycles. The SMILES string of the molecule is O=c1c2ccc3c4c(ccc(c24)c2cc4c(C(F)(F)F)cc(C(F)(F)F)cc4n12)c(=O)n1c2cc(C(F)(F)F)cc(C(F)(F)F)c2nc31. The monoisotopic (exact) mass is 683 g/mol. The van der Waals surface area contributed by atoms with E-state index in [1.54, 1.807) is 0 Å². The molecule has 0 aliphatic rings. The minimum Gasteiger partial charge on any atom is -0.276 e. The van der Waals surface area contributed by atoms with Crippen molar-refractivity contribution >= 4 is 65.4 Å². The molecule has 5 nitrogen and oxygen atoms in total. The lowest BCUT2D eigenvalue weighted by atomic mass is 9.96. The summed E-state index contributed by atoms with van der Waals surface area (Å²) >= 11 is 0. The van der Waals surface area contributed by atoms with E-state index in [1.807, 2.05) is 0 Å². The highest BCUT2D eigenvalue weighted by Gasteiger charge is 2.41. The smallest absolute Gasteiger partial charge is 0.276 e. The highest BCUT2D eigenvalue weighted by atomic mass is 19.4. The lowest BCUT2D eigenvalue weighted by Crippen LogP contribution is -2.17. The number of benzene rings is 4. The number of pyridine rings is 2. The minimum atomic E-state index is -5.33. The predicted molar refractivity (Wildman–Crippen MR) is 149 cm³/mol. The van der Waals surface area contributed by atoms with Crippen molar-refractivity contribution in [2.75, 3.05) is 0 Å². The number of alkyl halides is 12. The van der Waals surface area contributed by atoms with Crippen LogP contribution in [0.5, 0.6) is 0 Å². The fourth-order valence-electron chi connectivity index (χ4n) is 6.56. The number of fused-ring (bicyclic) bond motifs is 8. The number of hydrogen-bond donors (Lipinski definition) is 0. The van der Waals surface area contributed by atoms with E-state index in [-0.39, 0.29) is 50.0 Å². The molecular weight excluding hydrogens is 674 g/mol. The Morgan fingerprint density at radius 2 is 0.917 bits per heavy atom. The van der Waals surface area contributed by atoms with Crippen LogP contribution in [-0.4, -0.2) is 13.8 Å². The molecular formula is C31H9F12N3O2. The topological polar surface area (TPSA) is 55.8 Å². The van der Waals surface area contributed by atoms with Crippen LogP contribution in [-0.2, 0) is 24.7 Å². The van der Waals surface area contributed by atoms with Gasteiger partial charge in [-0.25, -0.2) is 4.98 Å². The zero-order valence-corrected chi connectivity index (χ0v) is 22.9. The molecule has 0 aliphatic heterocycles. The first-order chi connectivity index (χ1) is 22.2. The summed E-state index contributed by atoms with van der Waals surface area (Å²) < 4.78 is 167. The summed E-state index contributed by atoms with van der Waals surface area (Å²) in [6.07, 6.45) is -21.0. The number of halogens is 12. The molecule has 0 bridgehead atoms. The van der Waals surface area contributed by atoms with Gasteiger partial charge in [-0.05, 0) is 48.5 Å². The fourth-order valence-corrected chi connectivity index (χ4v) is 6.56. The number of aromatic nitrogens is 3. The Bertz CT molecular complexity index is 2630. The van der Waals surface area contributed by atoms with Gasteiger partial charge in [0.05, 0.1) is 38.8 Å². The summed E-state index contributed by atoms with van der Waals surface area (Å²) in [4.78, 5) is 31.6. The van der Waals surface area contributed by atoms with Crippen LogP contribution in [0.3, 0.4) is 0 Å². The van der Waals surface area contributed by atoms with Gasteiger partial charge in [-0.1, -0.05) is 6.07 Å². The van der Waals surface area contributed by atoms with Gasteiger partial charge >= 0.3 is 24.7 Å². The Hall–Kier alpha value is -5.35. The highest BCUT2D eigenvalue weighted by molar-refractivity contribution is 6.28. The van der Waals surface area contributed by atoms with E-state index < -0.39 is 85.7 Å². The summed E-state index contributed by atoms with van der Waals surface area (Å²) in [5.41, 5.74) is -12.2. The van der Waals surface area contributed by atoms with E-state index in [9.17, 15) is 62.3 Å². The third-order valence-electron chi connectivity index (χ3n) is 8.49. The second-order valence-corrected chi connectivity index (χ2v) is 11.2. The first-order valence-corrected chi connectivity index (χ1v) is 13.4. The fraction of sp³-hybridized carbons (Fsp3) is 0.129. The Balaban J connectivity index is 1.58. The van der Waals surface area contributed by atoms with Crippen LogP contribution in [0.2, 0.25) is 0 Å². The average Bonchev–Trinajstić information content (AvgIpc) is 3.55. The van der Waals surface area contributed by atoms with Gasteiger partial charge in [0.25, 0.3) is 11.1 Å². The van der Waals surface area contributed by atoms with Crippen LogP contribution < -0.4 is 11.1 Å². The van der Waals surface area contributed by atoms with E-state index >= 15 is 0 Å². The van der Waals surface area contributed by atoms with Gasteiger partial charge in [0.2, 0.25) is 0 Å². The first-order valence-electron chi connectivity index (χ1n) is 13.4. The van der Waals surface area contributed by atoms with Gasteiger partial charge in [0.15, 0.2) is 0 Å². The van der Waals surface area contributed by atoms with E-state index in [0.29, 0.717) is 20.9 Å². The molecule has 0 saturated carbocycles. The molecule has 0 aliphatic carbocycles. The second kappa shape index (κ2) is 8.76. The summed E-state index contributed by atoms with van der Waals surface area (Å²) in [7, 11) is 0. The molecule has 4 aromatic carbocycles. The van der Waals surface area contributed by atoms with Crippen molar-refractivity contribution in [2.45, 2.75) is 24.7 Å². The van der Waals surface area contributed by atoms with Gasteiger partial charge in [-0.2, -0.15) is 52.7 Å².